The van der Waals surface area contributed by atoms with Gasteiger partial charge in [-0.2, -0.15) is 0 Å². The zero-order valence-electron chi connectivity index (χ0n) is 10.2. The molecule has 0 amide bonds. The first-order valence-electron chi connectivity index (χ1n) is 5.62. The van der Waals surface area contributed by atoms with Crippen LogP contribution in [0.5, 0.6) is 5.75 Å². The highest BCUT2D eigenvalue weighted by molar-refractivity contribution is 7.92. The van der Waals surface area contributed by atoms with Crippen LogP contribution in [0.4, 0.5) is 5.69 Å². The lowest BCUT2D eigenvalue weighted by Gasteiger charge is -2.28. The average molecular weight is 255 g/mol. The van der Waals surface area contributed by atoms with Crippen molar-refractivity contribution >= 4 is 15.5 Å². The zero-order valence-corrected chi connectivity index (χ0v) is 11.0. The summed E-state index contributed by atoms with van der Waals surface area (Å²) in [6.07, 6.45) is 0. The predicted octanol–water partition coefficient (Wildman–Crippen LogP) is 1.92. The predicted molar refractivity (Wildman–Crippen MR) is 67.3 cm³/mol. The quantitative estimate of drug-likeness (QED) is 0.877. The van der Waals surface area contributed by atoms with E-state index in [9.17, 15) is 8.42 Å². The van der Waals surface area contributed by atoms with Crippen molar-refractivity contribution in [3.8, 4) is 5.75 Å². The Labute approximate surface area is 102 Å². The molecule has 1 heterocycles. The minimum Gasteiger partial charge on any atom is -0.497 e. The third kappa shape index (κ3) is 1.99. The summed E-state index contributed by atoms with van der Waals surface area (Å²) in [4.78, 5) is 0.378. The minimum atomic E-state index is -3.23. The molecule has 4 nitrogen and oxygen atoms in total. The molecule has 17 heavy (non-hydrogen) atoms. The maximum Gasteiger partial charge on any atom is 0.185 e. The molecule has 0 bridgehead atoms. The van der Waals surface area contributed by atoms with Crippen LogP contribution in [0, 0.1) is 5.92 Å². The van der Waals surface area contributed by atoms with E-state index in [1.54, 1.807) is 25.3 Å². The van der Waals surface area contributed by atoms with Crippen molar-refractivity contribution < 1.29 is 13.2 Å². The van der Waals surface area contributed by atoms with Gasteiger partial charge in [0.1, 0.15) is 5.75 Å². The van der Waals surface area contributed by atoms with E-state index >= 15 is 0 Å². The number of anilines is 1. The van der Waals surface area contributed by atoms with Gasteiger partial charge < -0.3 is 10.1 Å². The molecule has 0 spiro atoms. The van der Waals surface area contributed by atoms with Crippen LogP contribution in [0.3, 0.4) is 0 Å². The van der Waals surface area contributed by atoms with E-state index < -0.39 is 9.84 Å². The summed E-state index contributed by atoms with van der Waals surface area (Å²) >= 11 is 0. The number of sulfone groups is 1. The van der Waals surface area contributed by atoms with Crippen LogP contribution in [0.25, 0.3) is 0 Å². The van der Waals surface area contributed by atoms with E-state index in [1.807, 2.05) is 13.8 Å². The van der Waals surface area contributed by atoms with Gasteiger partial charge in [-0.05, 0) is 18.1 Å². The van der Waals surface area contributed by atoms with Gasteiger partial charge in [-0.1, -0.05) is 13.8 Å². The van der Waals surface area contributed by atoms with Crippen LogP contribution in [0.2, 0.25) is 0 Å². The van der Waals surface area contributed by atoms with E-state index in [0.717, 1.165) is 0 Å². The Hall–Kier alpha value is -1.23. The van der Waals surface area contributed by atoms with Crippen molar-refractivity contribution in [3.05, 3.63) is 18.2 Å². The summed E-state index contributed by atoms with van der Waals surface area (Å²) in [5.41, 5.74) is 0.640. The summed E-state index contributed by atoms with van der Waals surface area (Å²) in [6, 6.07) is 5.02. The third-order valence-electron chi connectivity index (χ3n) is 3.13. The van der Waals surface area contributed by atoms with Gasteiger partial charge in [-0.15, -0.1) is 0 Å². The number of nitrogens with one attached hydrogen (secondary N) is 1. The largest absolute Gasteiger partial charge is 0.497 e. The van der Waals surface area contributed by atoms with Gasteiger partial charge >= 0.3 is 0 Å². The fourth-order valence-corrected chi connectivity index (χ4v) is 4.14. The van der Waals surface area contributed by atoms with Crippen molar-refractivity contribution in [1.29, 1.82) is 0 Å². The monoisotopic (exact) mass is 255 g/mol. The van der Waals surface area contributed by atoms with Crippen LogP contribution in [0.1, 0.15) is 13.8 Å². The van der Waals surface area contributed by atoms with Gasteiger partial charge in [0.2, 0.25) is 0 Å². The van der Waals surface area contributed by atoms with E-state index in [-0.39, 0.29) is 11.2 Å². The topological polar surface area (TPSA) is 55.4 Å². The fraction of sp³-hybridized carbons (Fsp3) is 0.500. The molecule has 0 aromatic heterocycles. The number of fused-ring (bicyclic) bond motifs is 1. The molecule has 94 valence electrons. The second-order valence-corrected chi connectivity index (χ2v) is 6.71. The van der Waals surface area contributed by atoms with E-state index in [0.29, 0.717) is 22.9 Å². The lowest BCUT2D eigenvalue weighted by Crippen LogP contribution is -2.38. The standard InChI is InChI=1S/C12H17NO3S/c1-8(2)12-7-13-10-6-9(16-3)4-5-11(10)17(12,14)15/h4-6,8,12-13H,7H2,1-3H3. The second kappa shape index (κ2) is 4.22. The summed E-state index contributed by atoms with van der Waals surface area (Å²) in [5.74, 6) is 0.761. The number of benzene rings is 1. The first kappa shape index (κ1) is 12.2. The van der Waals surface area contributed by atoms with Gasteiger partial charge in [0.15, 0.2) is 9.84 Å². The molecule has 2 rings (SSSR count). The van der Waals surface area contributed by atoms with Crippen LogP contribution in [-0.2, 0) is 9.84 Å². The highest BCUT2D eigenvalue weighted by atomic mass is 32.2. The molecule has 0 fully saturated rings. The maximum atomic E-state index is 12.4. The summed E-state index contributed by atoms with van der Waals surface area (Å²) in [5, 5.41) is 2.81. The number of ether oxygens (including phenoxy) is 1. The molecule has 0 aliphatic carbocycles. The SMILES string of the molecule is COc1ccc2c(c1)NCC(C(C)C)S2(=O)=O. The van der Waals surface area contributed by atoms with Gasteiger partial charge in [-0.3, -0.25) is 0 Å². The van der Waals surface area contributed by atoms with Crippen LogP contribution >= 0.6 is 0 Å². The Kier molecular flexibility index (Phi) is 3.03. The molecule has 0 radical (unpaired) electrons. The van der Waals surface area contributed by atoms with Crippen molar-refractivity contribution in [2.75, 3.05) is 19.0 Å². The average Bonchev–Trinajstić information content (AvgIpc) is 2.27. The molecular formula is C12H17NO3S. The van der Waals surface area contributed by atoms with Crippen molar-refractivity contribution in [2.45, 2.75) is 24.0 Å². The lowest BCUT2D eigenvalue weighted by atomic mass is 10.1. The Bertz CT molecular complexity index is 523. The van der Waals surface area contributed by atoms with Crippen molar-refractivity contribution in [3.63, 3.8) is 0 Å². The molecule has 5 heteroatoms. The van der Waals surface area contributed by atoms with Crippen LogP contribution in [-0.4, -0.2) is 27.3 Å². The van der Waals surface area contributed by atoms with Crippen molar-refractivity contribution in [1.82, 2.24) is 0 Å². The molecule has 1 N–H and O–H groups in total. The highest BCUT2D eigenvalue weighted by Gasteiger charge is 2.35. The third-order valence-corrected chi connectivity index (χ3v) is 5.61. The first-order valence-corrected chi connectivity index (χ1v) is 7.17. The Morgan fingerprint density at radius 3 is 2.71 bits per heavy atom. The van der Waals surface area contributed by atoms with Gasteiger partial charge in [-0.25, -0.2) is 8.42 Å². The van der Waals surface area contributed by atoms with Crippen LogP contribution < -0.4 is 10.1 Å². The normalized spacial score (nSPS) is 21.8. The molecular weight excluding hydrogens is 238 g/mol. The molecule has 1 aliphatic heterocycles. The minimum absolute atomic E-state index is 0.0998. The maximum absolute atomic E-state index is 12.4. The second-order valence-electron chi connectivity index (χ2n) is 4.57. The molecule has 0 saturated heterocycles. The molecule has 1 unspecified atom stereocenters. The van der Waals surface area contributed by atoms with E-state index in [2.05, 4.69) is 5.32 Å². The summed E-state index contributed by atoms with van der Waals surface area (Å²) in [6.45, 7) is 4.32. The van der Waals surface area contributed by atoms with E-state index in [1.165, 1.54) is 0 Å². The number of rotatable bonds is 2. The number of hydrogen-bond donors (Lipinski definition) is 1. The van der Waals surface area contributed by atoms with Crippen molar-refractivity contribution in [2.24, 2.45) is 5.92 Å². The van der Waals surface area contributed by atoms with Gasteiger partial charge in [0.25, 0.3) is 0 Å². The Morgan fingerprint density at radius 2 is 2.12 bits per heavy atom. The van der Waals surface area contributed by atoms with Gasteiger partial charge in [0.05, 0.1) is 22.9 Å². The number of methoxy groups -OCH3 is 1. The zero-order chi connectivity index (χ0) is 12.6. The molecule has 1 aliphatic rings. The van der Waals surface area contributed by atoms with Gasteiger partial charge in [0, 0.05) is 12.6 Å². The molecule has 1 aromatic carbocycles. The Morgan fingerprint density at radius 1 is 1.41 bits per heavy atom. The number of hydrogen-bond acceptors (Lipinski definition) is 4. The first-order chi connectivity index (χ1) is 7.96. The smallest absolute Gasteiger partial charge is 0.185 e. The summed E-state index contributed by atoms with van der Waals surface area (Å²) in [7, 11) is -1.66. The molecule has 1 aromatic rings. The molecule has 0 saturated carbocycles. The molecule has 1 atom stereocenters. The lowest BCUT2D eigenvalue weighted by molar-refractivity contribution is 0.414. The Balaban J connectivity index is 2.51. The highest BCUT2D eigenvalue weighted by Crippen LogP contribution is 2.34. The fourth-order valence-electron chi connectivity index (χ4n) is 2.10. The van der Waals surface area contributed by atoms with E-state index in [4.69, 9.17) is 4.74 Å². The van der Waals surface area contributed by atoms with Crippen LogP contribution in [0.15, 0.2) is 23.1 Å². The summed E-state index contributed by atoms with van der Waals surface area (Å²) < 4.78 is 29.8.